The van der Waals surface area contributed by atoms with Crippen LogP contribution in [0.1, 0.15) is 42.0 Å². The monoisotopic (exact) mass is 551 g/mol. The third-order valence-electron chi connectivity index (χ3n) is 6.66. The van der Waals surface area contributed by atoms with E-state index in [1.807, 2.05) is 86.6 Å². The number of nitrogens with zero attached hydrogens (tertiary/aromatic N) is 1. The molecular weight excluding hydrogens is 511 g/mol. The second-order valence-corrected chi connectivity index (χ2v) is 12.8. The zero-order valence-corrected chi connectivity index (χ0v) is 25.3. The number of carboxylic acids is 1. The molecule has 0 aliphatic rings. The van der Waals surface area contributed by atoms with Crippen molar-refractivity contribution < 1.29 is 64.7 Å². The Kier molecular flexibility index (Phi) is 15.4. The first-order valence-electron chi connectivity index (χ1n) is 13.1. The fourth-order valence-corrected chi connectivity index (χ4v) is 6.56. The molecule has 40 heavy (non-hydrogen) atoms. The van der Waals surface area contributed by atoms with Crippen molar-refractivity contribution in [2.75, 3.05) is 17.2 Å². The molecule has 2 N–H and O–H groups in total. The molecule has 0 saturated carbocycles. The molecule has 0 aliphatic carbocycles. The molecule has 3 aromatic rings. The molecular formula is C31H40Li2NO5P. The van der Waals surface area contributed by atoms with Crippen LogP contribution in [0.3, 0.4) is 0 Å². The maximum Gasteiger partial charge on any atom is 1.00 e. The maximum absolute atomic E-state index is 13.9. The second-order valence-electron chi connectivity index (χ2n) is 10.3. The molecule has 3 atom stereocenters. The van der Waals surface area contributed by atoms with Gasteiger partial charge < -0.3 is 12.9 Å². The molecule has 0 aromatic heterocycles. The number of aryl methyl sites for hydroxylation is 1. The van der Waals surface area contributed by atoms with Crippen molar-refractivity contribution in [3.63, 3.8) is 0 Å². The van der Waals surface area contributed by atoms with E-state index in [1.54, 1.807) is 12.1 Å². The van der Waals surface area contributed by atoms with Crippen LogP contribution in [-0.4, -0.2) is 40.2 Å². The Bertz CT molecular complexity index is 1250. The second kappa shape index (κ2) is 17.1. The smallest absolute Gasteiger partial charge is 1.00 e. The van der Waals surface area contributed by atoms with E-state index in [2.05, 4.69) is 0 Å². The zero-order valence-electron chi connectivity index (χ0n) is 26.4. The molecule has 0 heterocycles. The summed E-state index contributed by atoms with van der Waals surface area (Å²) in [6.45, 7) is 5.38. The van der Waals surface area contributed by atoms with Crippen LogP contribution in [0.2, 0.25) is 0 Å². The molecule has 0 saturated heterocycles. The normalized spacial score (nSPS) is 13.7. The number of carboxylic acid groups (broad SMARTS) is 1. The van der Waals surface area contributed by atoms with Gasteiger partial charge >= 0.3 is 43.7 Å². The van der Waals surface area contributed by atoms with Crippen LogP contribution < -0.4 is 42.6 Å². The average Bonchev–Trinajstić information content (AvgIpc) is 2.89. The van der Waals surface area contributed by atoms with E-state index in [9.17, 15) is 24.2 Å². The van der Waals surface area contributed by atoms with Crippen molar-refractivity contribution in [3.8, 4) is 11.1 Å². The summed E-state index contributed by atoms with van der Waals surface area (Å²) in [5.41, 5.74) is 3.51. The van der Waals surface area contributed by atoms with Crippen LogP contribution in [0.15, 0.2) is 84.9 Å². The van der Waals surface area contributed by atoms with Gasteiger partial charge in [0.05, 0.1) is 0 Å². The topological polar surface area (TPSA) is 94.9 Å². The standard InChI is InChI=1S/C31H38NO5P.2Li.2H/c1-23(2)21-28(22-38(36,37)20-10-13-25-11-6-4-7-12-25)30(33)32(24(3)31(34)35)29-18-16-27(17-19-29)26-14-8-5-9-15-26;;;;/h4-9,11-12,14-19,23-24,28H,10,13,20-22H2,1-3H3,(H,34,35)(H,36,37);;;;/q;2*+1;2*-1/t24-,28?;;;;/m0..../s1. The van der Waals surface area contributed by atoms with E-state index in [1.165, 1.54) is 11.8 Å². The van der Waals surface area contributed by atoms with Gasteiger partial charge in [0.15, 0.2) is 0 Å². The summed E-state index contributed by atoms with van der Waals surface area (Å²) in [6, 6.07) is 25.6. The van der Waals surface area contributed by atoms with Crippen LogP contribution in [0.5, 0.6) is 0 Å². The third kappa shape index (κ3) is 10.8. The van der Waals surface area contributed by atoms with Crippen molar-refractivity contribution >= 4 is 24.9 Å². The minimum atomic E-state index is -3.62. The number of carbonyl (C=O) groups excluding carboxylic acids is 1. The molecule has 3 aromatic carbocycles. The Balaban J connectivity index is 0. The molecule has 0 aliphatic heterocycles. The predicted molar refractivity (Wildman–Crippen MR) is 156 cm³/mol. The Labute approximate surface area is 265 Å². The van der Waals surface area contributed by atoms with Gasteiger partial charge in [0, 0.05) is 23.9 Å². The quantitative estimate of drug-likeness (QED) is 0.244. The zero-order chi connectivity index (χ0) is 27.7. The van der Waals surface area contributed by atoms with Gasteiger partial charge in [0.2, 0.25) is 13.3 Å². The van der Waals surface area contributed by atoms with Crippen LogP contribution in [0.4, 0.5) is 5.69 Å². The van der Waals surface area contributed by atoms with E-state index in [-0.39, 0.29) is 58.8 Å². The fourth-order valence-electron chi connectivity index (χ4n) is 4.73. The first-order valence-corrected chi connectivity index (χ1v) is 15.2. The Morgan fingerprint density at radius 2 is 1.38 bits per heavy atom. The summed E-state index contributed by atoms with van der Waals surface area (Å²) < 4.78 is 13.2. The molecule has 0 bridgehead atoms. The molecule has 1 amide bonds. The number of anilines is 1. The van der Waals surface area contributed by atoms with Gasteiger partial charge in [-0.1, -0.05) is 86.6 Å². The van der Waals surface area contributed by atoms with Crippen LogP contribution in [0, 0.1) is 11.8 Å². The van der Waals surface area contributed by atoms with E-state index in [0.717, 1.165) is 16.7 Å². The van der Waals surface area contributed by atoms with Gasteiger partial charge in [-0.05, 0) is 60.9 Å². The van der Waals surface area contributed by atoms with Gasteiger partial charge in [-0.3, -0.25) is 14.3 Å². The summed E-state index contributed by atoms with van der Waals surface area (Å²) in [5, 5.41) is 9.82. The SMILES string of the molecule is CC(C)CC(CP(=O)(O)CCCc1ccccc1)C(=O)N(c1ccc(-c2ccccc2)cc1)[C@@H](C)C(=O)O.[H-].[H-].[Li+].[Li+]. The molecule has 9 heteroatoms. The van der Waals surface area contributed by atoms with Crippen molar-refractivity contribution in [3.05, 3.63) is 90.5 Å². The van der Waals surface area contributed by atoms with Gasteiger partial charge in [-0.15, -0.1) is 0 Å². The van der Waals surface area contributed by atoms with Gasteiger partial charge in [-0.25, -0.2) is 4.79 Å². The Morgan fingerprint density at radius 1 is 0.850 bits per heavy atom. The fraction of sp³-hybridized carbons (Fsp3) is 0.355. The Morgan fingerprint density at radius 3 is 1.90 bits per heavy atom. The molecule has 6 nitrogen and oxygen atoms in total. The summed E-state index contributed by atoms with van der Waals surface area (Å²) in [5.74, 6) is -2.24. The summed E-state index contributed by atoms with van der Waals surface area (Å²) in [6.07, 6.45) is 1.57. The summed E-state index contributed by atoms with van der Waals surface area (Å²) in [4.78, 5) is 38.0. The maximum atomic E-state index is 13.9. The number of rotatable bonds is 13. The van der Waals surface area contributed by atoms with Crippen molar-refractivity contribution in [1.82, 2.24) is 0 Å². The largest absolute Gasteiger partial charge is 1.00 e. The van der Waals surface area contributed by atoms with E-state index >= 15 is 0 Å². The number of carbonyl (C=O) groups is 2. The third-order valence-corrected chi connectivity index (χ3v) is 8.69. The number of benzene rings is 3. The summed E-state index contributed by atoms with van der Waals surface area (Å²) in [7, 11) is -3.62. The number of hydrogen-bond donors (Lipinski definition) is 2. The van der Waals surface area contributed by atoms with Crippen molar-refractivity contribution in [2.24, 2.45) is 11.8 Å². The number of aliphatic carboxylic acids is 1. The first kappa shape index (κ1) is 36.0. The van der Waals surface area contributed by atoms with Gasteiger partial charge in [-0.2, -0.15) is 0 Å². The minimum Gasteiger partial charge on any atom is -1.00 e. The van der Waals surface area contributed by atoms with Crippen LogP contribution in [-0.2, 0) is 20.6 Å². The minimum absolute atomic E-state index is 0. The van der Waals surface area contributed by atoms with E-state index < -0.39 is 31.2 Å². The van der Waals surface area contributed by atoms with Gasteiger partial charge in [0.25, 0.3) is 0 Å². The predicted octanol–water partition coefficient (Wildman–Crippen LogP) is 0.958. The van der Waals surface area contributed by atoms with E-state index in [0.29, 0.717) is 24.9 Å². The van der Waals surface area contributed by atoms with Crippen molar-refractivity contribution in [2.45, 2.75) is 46.1 Å². The molecule has 0 radical (unpaired) electrons. The number of hydrogen-bond acceptors (Lipinski definition) is 3. The molecule has 3 rings (SSSR count). The van der Waals surface area contributed by atoms with Crippen molar-refractivity contribution in [1.29, 1.82) is 0 Å². The number of amides is 1. The first-order chi connectivity index (χ1) is 18.1. The van der Waals surface area contributed by atoms with Crippen LogP contribution in [0.25, 0.3) is 11.1 Å². The van der Waals surface area contributed by atoms with Gasteiger partial charge in [0.1, 0.15) is 6.04 Å². The van der Waals surface area contributed by atoms with E-state index in [4.69, 9.17) is 0 Å². The molecule has 206 valence electrons. The molecule has 0 fully saturated rings. The Hall–Kier alpha value is -2.02. The molecule has 0 spiro atoms. The molecule has 2 unspecified atom stereocenters. The average molecular weight is 552 g/mol. The summed E-state index contributed by atoms with van der Waals surface area (Å²) >= 11 is 0. The van der Waals surface area contributed by atoms with Crippen LogP contribution >= 0.6 is 7.37 Å².